The molecule has 0 saturated heterocycles. The van der Waals surface area contributed by atoms with Gasteiger partial charge in [-0.25, -0.2) is 4.39 Å². The Bertz CT molecular complexity index is 335. The first kappa shape index (κ1) is 10.2. The van der Waals surface area contributed by atoms with E-state index in [1.807, 2.05) is 0 Å². The quantitative estimate of drug-likeness (QED) is 0.536. The van der Waals surface area contributed by atoms with E-state index in [-0.39, 0.29) is 16.5 Å². The zero-order valence-corrected chi connectivity index (χ0v) is 8.75. The van der Waals surface area contributed by atoms with Gasteiger partial charge in [0.05, 0.1) is 0 Å². The molecule has 0 saturated carbocycles. The Kier molecular flexibility index (Phi) is 3.05. The van der Waals surface area contributed by atoms with Crippen molar-refractivity contribution in [2.24, 2.45) is 5.73 Å². The zero-order valence-electron chi connectivity index (χ0n) is 6.34. The number of nitrogens with one attached hydrogen (secondary N) is 1. The molecule has 0 aliphatic heterocycles. The molecule has 0 aromatic heterocycles. The van der Waals surface area contributed by atoms with Crippen LogP contribution in [0.2, 0.25) is 0 Å². The highest BCUT2D eigenvalue weighted by Gasteiger charge is 2.09. The Balaban J connectivity index is 3.13. The van der Waals surface area contributed by atoms with Crippen LogP contribution in [0.1, 0.15) is 0 Å². The fourth-order valence-electron chi connectivity index (χ4n) is 0.807. The summed E-state index contributed by atoms with van der Waals surface area (Å²) in [5.41, 5.74) is 5.02. The van der Waals surface area contributed by atoms with Gasteiger partial charge >= 0.3 is 0 Å². The van der Waals surface area contributed by atoms with E-state index in [1.54, 1.807) is 0 Å². The first-order valence-electron chi connectivity index (χ1n) is 3.25. The molecule has 6 heteroatoms. The van der Waals surface area contributed by atoms with Gasteiger partial charge in [0, 0.05) is 4.47 Å². The minimum absolute atomic E-state index is 0.100. The van der Waals surface area contributed by atoms with Gasteiger partial charge < -0.3 is 16.2 Å². The Morgan fingerprint density at radius 3 is 2.69 bits per heavy atom. The van der Waals surface area contributed by atoms with Crippen molar-refractivity contribution >= 4 is 38.9 Å². The second kappa shape index (κ2) is 3.89. The van der Waals surface area contributed by atoms with Crippen molar-refractivity contribution in [3.05, 3.63) is 22.4 Å². The molecule has 0 aliphatic carbocycles. The molecule has 0 heterocycles. The molecule has 0 bridgehead atoms. The number of phenolic OH excluding ortho intramolecular Hbond substituents is 1. The van der Waals surface area contributed by atoms with Crippen LogP contribution in [0.25, 0.3) is 0 Å². The third-order valence-electron chi connectivity index (χ3n) is 1.28. The SMILES string of the molecule is NC(=S)Nc1c(O)cc(Br)cc1F. The fourth-order valence-corrected chi connectivity index (χ4v) is 1.33. The molecule has 3 nitrogen and oxygen atoms in total. The van der Waals surface area contributed by atoms with Crippen molar-refractivity contribution in [1.82, 2.24) is 0 Å². The van der Waals surface area contributed by atoms with Gasteiger partial charge in [-0.15, -0.1) is 0 Å². The van der Waals surface area contributed by atoms with E-state index in [9.17, 15) is 9.50 Å². The molecule has 0 spiro atoms. The van der Waals surface area contributed by atoms with Gasteiger partial charge in [-0.05, 0) is 24.4 Å². The minimum atomic E-state index is -0.625. The molecule has 70 valence electrons. The lowest BCUT2D eigenvalue weighted by Gasteiger charge is -2.07. The van der Waals surface area contributed by atoms with Gasteiger partial charge in [0.1, 0.15) is 11.4 Å². The molecule has 0 unspecified atom stereocenters. The van der Waals surface area contributed by atoms with Gasteiger partial charge in [-0.1, -0.05) is 15.9 Å². The number of aromatic hydroxyl groups is 1. The number of benzene rings is 1. The number of rotatable bonds is 1. The highest BCUT2D eigenvalue weighted by molar-refractivity contribution is 9.10. The van der Waals surface area contributed by atoms with Crippen molar-refractivity contribution < 1.29 is 9.50 Å². The molecule has 0 fully saturated rings. The number of nitrogens with two attached hydrogens (primary N) is 1. The molecule has 0 amide bonds. The average molecular weight is 265 g/mol. The Morgan fingerprint density at radius 1 is 1.62 bits per heavy atom. The van der Waals surface area contributed by atoms with Crippen LogP contribution in [0.3, 0.4) is 0 Å². The largest absolute Gasteiger partial charge is 0.506 e. The molecule has 4 N–H and O–H groups in total. The van der Waals surface area contributed by atoms with Gasteiger partial charge in [0.2, 0.25) is 0 Å². The van der Waals surface area contributed by atoms with Crippen LogP contribution >= 0.6 is 28.1 Å². The van der Waals surface area contributed by atoms with Crippen LogP contribution in [0.5, 0.6) is 5.75 Å². The second-order valence-corrected chi connectivity index (χ2v) is 3.63. The fraction of sp³-hybridized carbons (Fsp3) is 0. The third-order valence-corrected chi connectivity index (χ3v) is 1.84. The van der Waals surface area contributed by atoms with Crippen LogP contribution in [-0.2, 0) is 0 Å². The molecule has 1 rings (SSSR count). The van der Waals surface area contributed by atoms with Gasteiger partial charge in [0.25, 0.3) is 0 Å². The predicted molar refractivity (Wildman–Crippen MR) is 56.2 cm³/mol. The summed E-state index contributed by atoms with van der Waals surface area (Å²) in [6, 6.07) is 2.53. The summed E-state index contributed by atoms with van der Waals surface area (Å²) < 4.78 is 13.5. The number of halogens is 2. The summed E-state index contributed by atoms with van der Waals surface area (Å²) in [5.74, 6) is -0.876. The number of anilines is 1. The molecule has 0 atom stereocenters. The minimum Gasteiger partial charge on any atom is -0.506 e. The summed E-state index contributed by atoms with van der Waals surface area (Å²) in [6.07, 6.45) is 0. The van der Waals surface area contributed by atoms with E-state index in [0.29, 0.717) is 4.47 Å². The lowest BCUT2D eigenvalue weighted by Crippen LogP contribution is -2.19. The van der Waals surface area contributed by atoms with Crippen molar-refractivity contribution in [2.75, 3.05) is 5.32 Å². The standard InChI is InChI=1S/C7H6BrFN2OS/c8-3-1-4(9)6(5(12)2-3)11-7(10)13/h1-2,12H,(H3,10,11,13). The highest BCUT2D eigenvalue weighted by Crippen LogP contribution is 2.30. The molecule has 13 heavy (non-hydrogen) atoms. The summed E-state index contributed by atoms with van der Waals surface area (Å²) in [7, 11) is 0. The van der Waals surface area contributed by atoms with E-state index >= 15 is 0 Å². The highest BCUT2D eigenvalue weighted by atomic mass is 79.9. The summed E-state index contributed by atoms with van der Waals surface area (Å²) >= 11 is 7.53. The van der Waals surface area contributed by atoms with Crippen LogP contribution in [-0.4, -0.2) is 10.2 Å². The first-order valence-corrected chi connectivity index (χ1v) is 4.45. The average Bonchev–Trinajstić information content (AvgIpc) is 1.96. The summed E-state index contributed by atoms with van der Waals surface area (Å²) in [6.45, 7) is 0. The molecule has 1 aromatic rings. The lowest BCUT2D eigenvalue weighted by molar-refractivity contribution is 0.472. The van der Waals surface area contributed by atoms with Crippen molar-refractivity contribution in [3.63, 3.8) is 0 Å². The summed E-state index contributed by atoms with van der Waals surface area (Å²) in [5, 5.41) is 11.5. The summed E-state index contributed by atoms with van der Waals surface area (Å²) in [4.78, 5) is 0. The van der Waals surface area contributed by atoms with Crippen LogP contribution < -0.4 is 11.1 Å². The van der Waals surface area contributed by atoms with Crippen molar-refractivity contribution in [2.45, 2.75) is 0 Å². The predicted octanol–water partition coefficient (Wildman–Crippen LogP) is 1.95. The van der Waals surface area contributed by atoms with Gasteiger partial charge in [0.15, 0.2) is 10.9 Å². The number of hydrogen-bond donors (Lipinski definition) is 3. The first-order chi connectivity index (χ1) is 6.00. The maximum Gasteiger partial charge on any atom is 0.168 e. The number of phenols is 1. The maximum atomic E-state index is 13.1. The lowest BCUT2D eigenvalue weighted by atomic mass is 10.3. The van der Waals surface area contributed by atoms with Gasteiger partial charge in [-0.3, -0.25) is 0 Å². The third kappa shape index (κ3) is 2.53. The molecule has 0 radical (unpaired) electrons. The second-order valence-electron chi connectivity index (χ2n) is 2.27. The van der Waals surface area contributed by atoms with E-state index < -0.39 is 5.82 Å². The van der Waals surface area contributed by atoms with E-state index in [4.69, 9.17) is 5.73 Å². The smallest absolute Gasteiger partial charge is 0.168 e. The maximum absolute atomic E-state index is 13.1. The Hall–Kier alpha value is -0.880. The monoisotopic (exact) mass is 264 g/mol. The Labute approximate surface area is 87.9 Å². The topological polar surface area (TPSA) is 58.3 Å². The van der Waals surface area contributed by atoms with E-state index in [2.05, 4.69) is 33.5 Å². The van der Waals surface area contributed by atoms with Crippen molar-refractivity contribution in [3.8, 4) is 5.75 Å². The van der Waals surface area contributed by atoms with Crippen LogP contribution in [0.4, 0.5) is 10.1 Å². The van der Waals surface area contributed by atoms with Crippen molar-refractivity contribution in [1.29, 1.82) is 0 Å². The van der Waals surface area contributed by atoms with E-state index in [1.165, 1.54) is 12.1 Å². The molecular formula is C7H6BrFN2OS. The van der Waals surface area contributed by atoms with Gasteiger partial charge in [-0.2, -0.15) is 0 Å². The van der Waals surface area contributed by atoms with Crippen LogP contribution in [0.15, 0.2) is 16.6 Å². The Morgan fingerprint density at radius 2 is 2.23 bits per heavy atom. The number of hydrogen-bond acceptors (Lipinski definition) is 2. The molecule has 0 aliphatic rings. The molecular weight excluding hydrogens is 259 g/mol. The van der Waals surface area contributed by atoms with Crippen LogP contribution in [0, 0.1) is 5.82 Å². The van der Waals surface area contributed by atoms with E-state index in [0.717, 1.165) is 0 Å². The zero-order chi connectivity index (χ0) is 10.0. The number of thiocarbonyl (C=S) groups is 1. The molecule has 1 aromatic carbocycles. The normalized spacial score (nSPS) is 9.69.